The van der Waals surface area contributed by atoms with Crippen LogP contribution in [0.2, 0.25) is 5.02 Å². The molecule has 0 spiro atoms. The van der Waals surface area contributed by atoms with Crippen LogP contribution in [0, 0.1) is 0 Å². The molecule has 172 valence electrons. The van der Waals surface area contributed by atoms with Crippen molar-refractivity contribution in [2.45, 2.75) is 44.6 Å². The van der Waals surface area contributed by atoms with Crippen LogP contribution in [0.3, 0.4) is 0 Å². The van der Waals surface area contributed by atoms with Gasteiger partial charge in [0.1, 0.15) is 18.2 Å². The molecule has 5 nitrogen and oxygen atoms in total. The highest BCUT2D eigenvalue weighted by atomic mass is 35.5. The first-order chi connectivity index (χ1) is 16.7. The number of rotatable bonds is 6. The Hall–Kier alpha value is -3.44. The Morgan fingerprint density at radius 3 is 2.62 bits per heavy atom. The van der Waals surface area contributed by atoms with E-state index in [0.717, 1.165) is 53.9 Å². The fraction of sp³-hybridized carbons (Fsp3) is 0.250. The molecule has 34 heavy (non-hydrogen) atoms. The quantitative estimate of drug-likeness (QED) is 0.299. The van der Waals surface area contributed by atoms with Crippen LogP contribution in [0.1, 0.15) is 55.0 Å². The van der Waals surface area contributed by atoms with Crippen molar-refractivity contribution in [1.82, 2.24) is 9.66 Å². The maximum atomic E-state index is 13.3. The lowest BCUT2D eigenvalue weighted by molar-refractivity contribution is 0.306. The van der Waals surface area contributed by atoms with Crippen molar-refractivity contribution in [2.24, 2.45) is 5.10 Å². The number of benzene rings is 3. The Morgan fingerprint density at radius 1 is 1.00 bits per heavy atom. The van der Waals surface area contributed by atoms with E-state index < -0.39 is 0 Å². The van der Waals surface area contributed by atoms with E-state index in [1.807, 2.05) is 72.8 Å². The maximum Gasteiger partial charge on any atom is 0.282 e. The lowest BCUT2D eigenvalue weighted by Gasteiger charge is -2.22. The van der Waals surface area contributed by atoms with Crippen molar-refractivity contribution < 1.29 is 4.74 Å². The molecule has 0 aliphatic heterocycles. The number of nitrogens with zero attached hydrogens (tertiary/aromatic N) is 3. The van der Waals surface area contributed by atoms with E-state index in [1.165, 1.54) is 11.1 Å². The third-order valence-corrected chi connectivity index (χ3v) is 6.50. The maximum absolute atomic E-state index is 13.3. The summed E-state index contributed by atoms with van der Waals surface area (Å²) in [7, 11) is 0. The number of aromatic nitrogens is 2. The van der Waals surface area contributed by atoms with Gasteiger partial charge >= 0.3 is 0 Å². The van der Waals surface area contributed by atoms with E-state index in [-0.39, 0.29) is 11.5 Å². The molecule has 3 aromatic carbocycles. The Balaban J connectivity index is 1.43. The van der Waals surface area contributed by atoms with Gasteiger partial charge in [0.15, 0.2) is 0 Å². The van der Waals surface area contributed by atoms with Crippen LogP contribution in [-0.2, 0) is 6.61 Å². The molecule has 0 saturated heterocycles. The third kappa shape index (κ3) is 5.05. The molecule has 5 rings (SSSR count). The summed E-state index contributed by atoms with van der Waals surface area (Å²) in [4.78, 5) is 18.2. The smallest absolute Gasteiger partial charge is 0.282 e. The van der Waals surface area contributed by atoms with Crippen LogP contribution < -0.4 is 10.3 Å². The molecular weight excluding hydrogens is 446 g/mol. The predicted octanol–water partition coefficient (Wildman–Crippen LogP) is 6.56. The average Bonchev–Trinajstić information content (AvgIpc) is 2.88. The fourth-order valence-corrected chi connectivity index (χ4v) is 4.56. The summed E-state index contributed by atoms with van der Waals surface area (Å²) in [6.07, 6.45) is 7.33. The highest BCUT2D eigenvalue weighted by molar-refractivity contribution is 6.30. The molecule has 0 unspecified atom stereocenters. The second kappa shape index (κ2) is 10.2. The highest BCUT2D eigenvalue weighted by Crippen LogP contribution is 2.31. The van der Waals surface area contributed by atoms with Gasteiger partial charge < -0.3 is 4.74 Å². The molecule has 0 N–H and O–H groups in total. The predicted molar refractivity (Wildman–Crippen MR) is 137 cm³/mol. The van der Waals surface area contributed by atoms with Crippen LogP contribution in [-0.4, -0.2) is 15.9 Å². The van der Waals surface area contributed by atoms with E-state index in [1.54, 1.807) is 6.21 Å². The standard InChI is InChI=1S/C28H26ClN3O2/c29-23-15-13-20(14-16-23)19-34-24-10-6-7-21(17-24)18-30-32-27(22-8-2-1-3-9-22)31-26-12-5-4-11-25(26)28(32)33/h4-7,10-18,22H,1-3,8-9,19H2. The second-order valence-electron chi connectivity index (χ2n) is 8.67. The van der Waals surface area contributed by atoms with Crippen LogP contribution in [0.4, 0.5) is 0 Å². The molecule has 1 aliphatic rings. The Morgan fingerprint density at radius 2 is 1.79 bits per heavy atom. The van der Waals surface area contributed by atoms with Crippen molar-refractivity contribution in [3.05, 3.63) is 105 Å². The first-order valence-electron chi connectivity index (χ1n) is 11.7. The van der Waals surface area contributed by atoms with Gasteiger partial charge in [-0.05, 0) is 60.4 Å². The monoisotopic (exact) mass is 471 g/mol. The SMILES string of the molecule is O=c1c2ccccc2nc(C2CCCCC2)n1N=Cc1cccc(OCc2ccc(Cl)cc2)c1. The molecule has 0 radical (unpaired) electrons. The summed E-state index contributed by atoms with van der Waals surface area (Å²) in [6.45, 7) is 0.442. The van der Waals surface area contributed by atoms with Crippen molar-refractivity contribution in [3.8, 4) is 5.75 Å². The largest absolute Gasteiger partial charge is 0.489 e. The lowest BCUT2D eigenvalue weighted by Crippen LogP contribution is -2.25. The van der Waals surface area contributed by atoms with Gasteiger partial charge in [-0.3, -0.25) is 4.79 Å². The van der Waals surface area contributed by atoms with Gasteiger partial charge in [-0.25, -0.2) is 4.98 Å². The van der Waals surface area contributed by atoms with Crippen LogP contribution in [0.25, 0.3) is 10.9 Å². The molecule has 1 aliphatic carbocycles. The molecule has 0 bridgehead atoms. The van der Waals surface area contributed by atoms with Crippen LogP contribution in [0.5, 0.6) is 5.75 Å². The van der Waals surface area contributed by atoms with E-state index >= 15 is 0 Å². The van der Waals surface area contributed by atoms with Gasteiger partial charge in [0.2, 0.25) is 0 Å². The number of halogens is 1. The third-order valence-electron chi connectivity index (χ3n) is 6.25. The zero-order valence-electron chi connectivity index (χ0n) is 18.9. The lowest BCUT2D eigenvalue weighted by atomic mass is 9.88. The minimum atomic E-state index is -0.127. The Kier molecular flexibility index (Phi) is 6.72. The highest BCUT2D eigenvalue weighted by Gasteiger charge is 2.22. The van der Waals surface area contributed by atoms with E-state index in [0.29, 0.717) is 17.0 Å². The zero-order valence-corrected chi connectivity index (χ0v) is 19.6. The average molecular weight is 472 g/mol. The number of ether oxygens (including phenoxy) is 1. The zero-order chi connectivity index (χ0) is 23.3. The summed E-state index contributed by atoms with van der Waals surface area (Å²) in [5.41, 5.74) is 2.49. The molecule has 6 heteroatoms. The first-order valence-corrected chi connectivity index (χ1v) is 12.1. The number of hydrogen-bond donors (Lipinski definition) is 0. The molecule has 1 heterocycles. The van der Waals surface area contributed by atoms with Crippen molar-refractivity contribution >= 4 is 28.7 Å². The molecule has 1 aromatic heterocycles. The summed E-state index contributed by atoms with van der Waals surface area (Å²) in [6, 6.07) is 22.8. The summed E-state index contributed by atoms with van der Waals surface area (Å²) in [5.74, 6) is 1.74. The molecular formula is C28H26ClN3O2. The van der Waals surface area contributed by atoms with Gasteiger partial charge in [-0.15, -0.1) is 0 Å². The number of hydrogen-bond acceptors (Lipinski definition) is 4. The topological polar surface area (TPSA) is 56.5 Å². The van der Waals surface area contributed by atoms with Crippen molar-refractivity contribution in [2.75, 3.05) is 0 Å². The summed E-state index contributed by atoms with van der Waals surface area (Å²) in [5, 5.41) is 5.90. The minimum absolute atomic E-state index is 0.127. The molecule has 0 atom stereocenters. The summed E-state index contributed by atoms with van der Waals surface area (Å²) < 4.78 is 7.44. The van der Waals surface area contributed by atoms with Gasteiger partial charge in [0.05, 0.1) is 17.1 Å². The van der Waals surface area contributed by atoms with Crippen molar-refractivity contribution in [3.63, 3.8) is 0 Å². The summed E-state index contributed by atoms with van der Waals surface area (Å²) >= 11 is 5.95. The second-order valence-corrected chi connectivity index (χ2v) is 9.11. The molecule has 1 saturated carbocycles. The van der Waals surface area contributed by atoms with E-state index in [2.05, 4.69) is 5.10 Å². The van der Waals surface area contributed by atoms with Crippen LogP contribution >= 0.6 is 11.6 Å². The van der Waals surface area contributed by atoms with Gasteiger partial charge in [0.25, 0.3) is 5.56 Å². The minimum Gasteiger partial charge on any atom is -0.489 e. The fourth-order valence-electron chi connectivity index (χ4n) is 4.43. The Bertz CT molecular complexity index is 1370. The molecule has 1 fully saturated rings. The van der Waals surface area contributed by atoms with E-state index in [4.69, 9.17) is 21.3 Å². The first kappa shape index (κ1) is 22.4. The van der Waals surface area contributed by atoms with Crippen LogP contribution in [0.15, 0.2) is 82.7 Å². The molecule has 4 aromatic rings. The molecule has 0 amide bonds. The Labute approximate surface area is 203 Å². The normalized spacial score (nSPS) is 14.6. The number of para-hydroxylation sites is 1. The van der Waals surface area contributed by atoms with Gasteiger partial charge in [-0.2, -0.15) is 9.78 Å². The van der Waals surface area contributed by atoms with Crippen molar-refractivity contribution in [1.29, 1.82) is 0 Å². The van der Waals surface area contributed by atoms with Gasteiger partial charge in [0, 0.05) is 10.9 Å². The number of fused-ring (bicyclic) bond motifs is 1. The van der Waals surface area contributed by atoms with Gasteiger partial charge in [-0.1, -0.05) is 67.3 Å². The van der Waals surface area contributed by atoms with E-state index in [9.17, 15) is 4.79 Å².